The zero-order valence-corrected chi connectivity index (χ0v) is 14.1. The number of carbonyl (C=O) groups excluding carboxylic acids is 1. The normalized spacial score (nSPS) is 13.9. The van der Waals surface area contributed by atoms with Crippen molar-refractivity contribution in [2.45, 2.75) is 32.4 Å². The van der Waals surface area contributed by atoms with E-state index in [9.17, 15) is 4.79 Å². The summed E-state index contributed by atoms with van der Waals surface area (Å²) in [4.78, 5) is 21.9. The fourth-order valence-corrected chi connectivity index (χ4v) is 3.53. The van der Waals surface area contributed by atoms with Crippen LogP contribution in [0.1, 0.15) is 33.1 Å². The van der Waals surface area contributed by atoms with Gasteiger partial charge in [-0.25, -0.2) is 4.98 Å². The van der Waals surface area contributed by atoms with Crippen LogP contribution in [0.25, 0.3) is 5.82 Å². The molecule has 7 heteroatoms. The average molecular weight is 339 g/mol. The van der Waals surface area contributed by atoms with Crippen molar-refractivity contribution in [2.24, 2.45) is 0 Å². The quantitative estimate of drug-likeness (QED) is 0.717. The highest BCUT2D eigenvalue weighted by molar-refractivity contribution is 7.11. The van der Waals surface area contributed by atoms with E-state index in [2.05, 4.69) is 34.2 Å². The van der Waals surface area contributed by atoms with Gasteiger partial charge in [0.1, 0.15) is 24.2 Å². The molecule has 4 rings (SSSR count). The number of carbonyl (C=O) groups is 1. The largest absolute Gasteiger partial charge is 0.329 e. The molecule has 1 aliphatic carbocycles. The number of aryl methyl sites for hydroxylation is 1. The second-order valence-electron chi connectivity index (χ2n) is 5.93. The van der Waals surface area contributed by atoms with Gasteiger partial charge in [-0.15, -0.1) is 21.5 Å². The van der Waals surface area contributed by atoms with Crippen LogP contribution in [0.4, 0.5) is 0 Å². The molecule has 1 aliphatic rings. The maximum absolute atomic E-state index is 13.0. The van der Waals surface area contributed by atoms with E-state index in [0.29, 0.717) is 24.1 Å². The van der Waals surface area contributed by atoms with Gasteiger partial charge in [-0.3, -0.25) is 9.36 Å². The minimum absolute atomic E-state index is 0.0153. The molecule has 1 amide bonds. The third-order valence-electron chi connectivity index (χ3n) is 4.01. The Morgan fingerprint density at radius 3 is 2.71 bits per heavy atom. The standard InChI is InChI=1S/C17H17N5OS/c1-12-5-8-14(24-12)9-22(13-6-7-13)17(23)15-3-2-4-16(20-15)21-10-18-19-11-21/h2-5,8,10-11,13H,6-7,9H2,1H3. The number of nitrogens with zero attached hydrogens (tertiary/aromatic N) is 5. The summed E-state index contributed by atoms with van der Waals surface area (Å²) in [6, 6.07) is 9.98. The highest BCUT2D eigenvalue weighted by Gasteiger charge is 2.34. The Labute approximate surface area is 143 Å². The molecule has 24 heavy (non-hydrogen) atoms. The molecule has 0 aromatic carbocycles. The maximum Gasteiger partial charge on any atom is 0.273 e. The van der Waals surface area contributed by atoms with E-state index < -0.39 is 0 Å². The van der Waals surface area contributed by atoms with Crippen molar-refractivity contribution in [3.63, 3.8) is 0 Å². The van der Waals surface area contributed by atoms with E-state index in [1.165, 1.54) is 9.75 Å². The van der Waals surface area contributed by atoms with Crippen LogP contribution in [0.5, 0.6) is 0 Å². The number of thiophene rings is 1. The molecule has 0 unspecified atom stereocenters. The number of hydrogen-bond acceptors (Lipinski definition) is 5. The first-order chi connectivity index (χ1) is 11.7. The first-order valence-corrected chi connectivity index (χ1v) is 8.71. The van der Waals surface area contributed by atoms with Gasteiger partial charge in [-0.05, 0) is 44.0 Å². The van der Waals surface area contributed by atoms with Gasteiger partial charge in [0.05, 0.1) is 6.54 Å². The molecular formula is C17H17N5OS. The van der Waals surface area contributed by atoms with Crippen molar-refractivity contribution in [1.29, 1.82) is 0 Å². The molecule has 0 N–H and O–H groups in total. The predicted octanol–water partition coefficient (Wildman–Crippen LogP) is 2.84. The Morgan fingerprint density at radius 2 is 2.04 bits per heavy atom. The number of aromatic nitrogens is 4. The van der Waals surface area contributed by atoms with Crippen molar-refractivity contribution < 1.29 is 4.79 Å². The monoisotopic (exact) mass is 339 g/mol. The van der Waals surface area contributed by atoms with Gasteiger partial charge >= 0.3 is 0 Å². The van der Waals surface area contributed by atoms with Crippen molar-refractivity contribution in [1.82, 2.24) is 24.6 Å². The summed E-state index contributed by atoms with van der Waals surface area (Å²) in [5.74, 6) is 0.632. The smallest absolute Gasteiger partial charge is 0.273 e. The zero-order chi connectivity index (χ0) is 16.5. The molecule has 3 aromatic heterocycles. The van der Waals surface area contributed by atoms with Gasteiger partial charge in [-0.2, -0.15) is 0 Å². The first kappa shape index (κ1) is 15.0. The van der Waals surface area contributed by atoms with Crippen LogP contribution in [-0.4, -0.2) is 36.6 Å². The Hall–Kier alpha value is -2.54. The van der Waals surface area contributed by atoms with E-state index in [0.717, 1.165) is 12.8 Å². The Balaban J connectivity index is 1.59. The van der Waals surface area contributed by atoms with E-state index >= 15 is 0 Å². The van der Waals surface area contributed by atoms with Gasteiger partial charge < -0.3 is 4.90 Å². The summed E-state index contributed by atoms with van der Waals surface area (Å²) in [7, 11) is 0. The summed E-state index contributed by atoms with van der Waals surface area (Å²) >= 11 is 1.74. The van der Waals surface area contributed by atoms with Crippen LogP contribution in [0.2, 0.25) is 0 Å². The molecule has 0 bridgehead atoms. The molecule has 6 nitrogen and oxygen atoms in total. The van der Waals surface area contributed by atoms with E-state index in [4.69, 9.17) is 0 Å². The minimum Gasteiger partial charge on any atom is -0.329 e. The van der Waals surface area contributed by atoms with Gasteiger partial charge in [0, 0.05) is 15.8 Å². The SMILES string of the molecule is Cc1ccc(CN(C(=O)c2cccc(-n3cnnc3)n2)C2CC2)s1. The van der Waals surface area contributed by atoms with Gasteiger partial charge in [0.15, 0.2) is 0 Å². The predicted molar refractivity (Wildman–Crippen MR) is 91.1 cm³/mol. The van der Waals surface area contributed by atoms with Crippen LogP contribution in [0, 0.1) is 6.92 Å². The van der Waals surface area contributed by atoms with Crippen LogP contribution in [0.15, 0.2) is 43.0 Å². The third-order valence-corrected chi connectivity index (χ3v) is 4.99. The molecule has 0 aliphatic heterocycles. The summed E-state index contributed by atoms with van der Waals surface area (Å²) < 4.78 is 1.70. The molecule has 3 aromatic rings. The second kappa shape index (κ2) is 6.16. The zero-order valence-electron chi connectivity index (χ0n) is 13.3. The lowest BCUT2D eigenvalue weighted by Crippen LogP contribution is -2.33. The molecule has 0 saturated heterocycles. The fraction of sp³-hybridized carbons (Fsp3) is 0.294. The highest BCUT2D eigenvalue weighted by atomic mass is 32.1. The molecule has 1 saturated carbocycles. The summed E-state index contributed by atoms with van der Waals surface area (Å²) in [6.07, 6.45) is 5.29. The number of hydrogen-bond donors (Lipinski definition) is 0. The molecule has 0 spiro atoms. The molecule has 3 heterocycles. The number of amides is 1. The van der Waals surface area contributed by atoms with Crippen LogP contribution in [0.3, 0.4) is 0 Å². The summed E-state index contributed by atoms with van der Waals surface area (Å²) in [5.41, 5.74) is 0.460. The van der Waals surface area contributed by atoms with Crippen molar-refractivity contribution in [2.75, 3.05) is 0 Å². The van der Waals surface area contributed by atoms with Gasteiger partial charge in [0.2, 0.25) is 0 Å². The van der Waals surface area contributed by atoms with Crippen molar-refractivity contribution in [3.8, 4) is 5.82 Å². The third kappa shape index (κ3) is 3.07. The lowest BCUT2D eigenvalue weighted by molar-refractivity contribution is 0.0725. The Bertz CT molecular complexity index is 854. The highest BCUT2D eigenvalue weighted by Crippen LogP contribution is 2.31. The van der Waals surface area contributed by atoms with Crippen molar-refractivity contribution in [3.05, 3.63) is 58.4 Å². The second-order valence-corrected chi connectivity index (χ2v) is 7.30. The first-order valence-electron chi connectivity index (χ1n) is 7.89. The van der Waals surface area contributed by atoms with Crippen molar-refractivity contribution >= 4 is 17.2 Å². The Morgan fingerprint density at radius 1 is 1.25 bits per heavy atom. The van der Waals surface area contributed by atoms with Gasteiger partial charge in [0.25, 0.3) is 5.91 Å². The molecule has 1 fully saturated rings. The molecular weight excluding hydrogens is 322 g/mol. The maximum atomic E-state index is 13.0. The fourth-order valence-electron chi connectivity index (χ4n) is 2.64. The topological polar surface area (TPSA) is 63.9 Å². The number of pyridine rings is 1. The van der Waals surface area contributed by atoms with Crippen LogP contribution >= 0.6 is 11.3 Å². The number of rotatable bonds is 5. The lowest BCUT2D eigenvalue weighted by Gasteiger charge is -2.21. The van der Waals surface area contributed by atoms with E-state index in [1.807, 2.05) is 17.0 Å². The minimum atomic E-state index is -0.0153. The summed E-state index contributed by atoms with van der Waals surface area (Å²) in [5, 5.41) is 7.57. The molecule has 122 valence electrons. The van der Waals surface area contributed by atoms with Crippen LogP contribution in [-0.2, 0) is 6.54 Å². The lowest BCUT2D eigenvalue weighted by atomic mass is 10.3. The Kier molecular flexibility index (Phi) is 3.86. The van der Waals surface area contributed by atoms with E-state index in [-0.39, 0.29) is 5.91 Å². The molecule has 0 atom stereocenters. The molecule has 0 radical (unpaired) electrons. The van der Waals surface area contributed by atoms with Crippen LogP contribution < -0.4 is 0 Å². The van der Waals surface area contributed by atoms with Gasteiger partial charge in [-0.1, -0.05) is 6.07 Å². The average Bonchev–Trinajstić information content (AvgIpc) is 3.12. The van der Waals surface area contributed by atoms with E-state index in [1.54, 1.807) is 34.6 Å². The summed E-state index contributed by atoms with van der Waals surface area (Å²) in [6.45, 7) is 2.74.